The lowest BCUT2D eigenvalue weighted by Crippen LogP contribution is -2.05. The molecule has 0 aliphatic carbocycles. The molecule has 0 bridgehead atoms. The molecule has 0 spiro atoms. The molecule has 0 amide bonds. The van der Waals surface area contributed by atoms with Gasteiger partial charge in [0.1, 0.15) is 0 Å². The zero-order valence-corrected chi connectivity index (χ0v) is 10.7. The highest BCUT2D eigenvalue weighted by atomic mass is 16.5. The fourth-order valence-electron chi connectivity index (χ4n) is 1.56. The fourth-order valence-corrected chi connectivity index (χ4v) is 1.56. The number of hydrogen-bond donors (Lipinski definition) is 1. The van der Waals surface area contributed by atoms with E-state index in [-0.39, 0.29) is 0 Å². The molecule has 1 N–H and O–H groups in total. The first kappa shape index (κ1) is 13.6. The van der Waals surface area contributed by atoms with E-state index in [1.807, 2.05) is 31.3 Å². The molecule has 94 valence electrons. The SMILES string of the molecule is C=CCCCOc1ccc(CNC)cc1OC. The minimum atomic E-state index is 0.688. The van der Waals surface area contributed by atoms with E-state index in [1.165, 1.54) is 5.56 Å². The monoisotopic (exact) mass is 235 g/mol. The molecule has 0 saturated carbocycles. The van der Waals surface area contributed by atoms with Gasteiger partial charge in [0.15, 0.2) is 11.5 Å². The van der Waals surface area contributed by atoms with E-state index < -0.39 is 0 Å². The predicted octanol–water partition coefficient (Wildman–Crippen LogP) is 2.76. The molecule has 0 fully saturated rings. The maximum atomic E-state index is 5.67. The third-order valence-electron chi connectivity index (χ3n) is 2.42. The van der Waals surface area contributed by atoms with Crippen LogP contribution in [0.5, 0.6) is 11.5 Å². The van der Waals surface area contributed by atoms with Gasteiger partial charge >= 0.3 is 0 Å². The summed E-state index contributed by atoms with van der Waals surface area (Å²) in [5.41, 5.74) is 1.18. The lowest BCUT2D eigenvalue weighted by Gasteiger charge is -2.11. The van der Waals surface area contributed by atoms with Gasteiger partial charge in [0.25, 0.3) is 0 Å². The van der Waals surface area contributed by atoms with Crippen LogP contribution in [0.25, 0.3) is 0 Å². The first-order valence-electron chi connectivity index (χ1n) is 5.87. The molecule has 1 aromatic rings. The Hall–Kier alpha value is -1.48. The normalized spacial score (nSPS) is 10.0. The second-order valence-corrected chi connectivity index (χ2v) is 3.79. The molecule has 0 aromatic heterocycles. The van der Waals surface area contributed by atoms with Crippen LogP contribution < -0.4 is 14.8 Å². The highest BCUT2D eigenvalue weighted by molar-refractivity contribution is 5.42. The van der Waals surface area contributed by atoms with Crippen molar-refractivity contribution in [2.45, 2.75) is 19.4 Å². The summed E-state index contributed by atoms with van der Waals surface area (Å²) in [5, 5.41) is 3.11. The zero-order chi connectivity index (χ0) is 12.5. The van der Waals surface area contributed by atoms with E-state index in [1.54, 1.807) is 7.11 Å². The van der Waals surface area contributed by atoms with Crippen LogP contribution in [0.1, 0.15) is 18.4 Å². The maximum Gasteiger partial charge on any atom is 0.161 e. The van der Waals surface area contributed by atoms with Crippen molar-refractivity contribution in [2.24, 2.45) is 0 Å². The quantitative estimate of drug-likeness (QED) is 0.555. The Morgan fingerprint density at radius 3 is 2.82 bits per heavy atom. The number of methoxy groups -OCH3 is 1. The Bertz CT molecular complexity index is 350. The molecule has 3 nitrogen and oxygen atoms in total. The summed E-state index contributed by atoms with van der Waals surface area (Å²) in [6.07, 6.45) is 3.85. The molecule has 0 atom stereocenters. The van der Waals surface area contributed by atoms with Crippen LogP contribution in [-0.4, -0.2) is 20.8 Å². The van der Waals surface area contributed by atoms with Crippen molar-refractivity contribution < 1.29 is 9.47 Å². The van der Waals surface area contributed by atoms with Crippen molar-refractivity contribution in [1.82, 2.24) is 5.32 Å². The largest absolute Gasteiger partial charge is 0.493 e. The smallest absolute Gasteiger partial charge is 0.161 e. The van der Waals surface area contributed by atoms with Crippen molar-refractivity contribution >= 4 is 0 Å². The second-order valence-electron chi connectivity index (χ2n) is 3.79. The number of unbranched alkanes of at least 4 members (excludes halogenated alkanes) is 1. The zero-order valence-electron chi connectivity index (χ0n) is 10.7. The molecule has 17 heavy (non-hydrogen) atoms. The lowest BCUT2D eigenvalue weighted by molar-refractivity contribution is 0.290. The van der Waals surface area contributed by atoms with Crippen LogP contribution in [0.2, 0.25) is 0 Å². The Labute approximate surface area is 103 Å². The maximum absolute atomic E-state index is 5.67. The van der Waals surface area contributed by atoms with E-state index >= 15 is 0 Å². The van der Waals surface area contributed by atoms with Crippen LogP contribution in [0.15, 0.2) is 30.9 Å². The van der Waals surface area contributed by atoms with E-state index in [2.05, 4.69) is 11.9 Å². The molecule has 0 unspecified atom stereocenters. The van der Waals surface area contributed by atoms with Crippen molar-refractivity contribution in [3.05, 3.63) is 36.4 Å². The van der Waals surface area contributed by atoms with Crippen molar-refractivity contribution in [3.8, 4) is 11.5 Å². The molecule has 1 rings (SSSR count). The van der Waals surface area contributed by atoms with Crippen LogP contribution in [-0.2, 0) is 6.54 Å². The lowest BCUT2D eigenvalue weighted by atomic mass is 10.2. The fraction of sp³-hybridized carbons (Fsp3) is 0.429. The minimum absolute atomic E-state index is 0.688. The van der Waals surface area contributed by atoms with Gasteiger partial charge in [-0.2, -0.15) is 0 Å². The van der Waals surface area contributed by atoms with Gasteiger partial charge in [-0.05, 0) is 37.6 Å². The summed E-state index contributed by atoms with van der Waals surface area (Å²) in [7, 11) is 3.58. The first-order chi connectivity index (χ1) is 8.31. The summed E-state index contributed by atoms with van der Waals surface area (Å²) in [6, 6.07) is 6.00. The van der Waals surface area contributed by atoms with Crippen LogP contribution in [0.4, 0.5) is 0 Å². The summed E-state index contributed by atoms with van der Waals surface area (Å²) < 4.78 is 11.0. The van der Waals surface area contributed by atoms with Crippen molar-refractivity contribution in [2.75, 3.05) is 20.8 Å². The Morgan fingerprint density at radius 1 is 1.35 bits per heavy atom. The van der Waals surface area contributed by atoms with Gasteiger partial charge in [0.05, 0.1) is 13.7 Å². The summed E-state index contributed by atoms with van der Waals surface area (Å²) >= 11 is 0. The number of nitrogens with one attached hydrogen (secondary N) is 1. The van der Waals surface area contributed by atoms with Gasteiger partial charge in [-0.25, -0.2) is 0 Å². The van der Waals surface area contributed by atoms with Gasteiger partial charge in [0, 0.05) is 6.54 Å². The highest BCUT2D eigenvalue weighted by Gasteiger charge is 2.05. The molecule has 0 aliphatic heterocycles. The van der Waals surface area contributed by atoms with Crippen molar-refractivity contribution in [3.63, 3.8) is 0 Å². The molecule has 0 saturated heterocycles. The molecule has 0 aliphatic rings. The highest BCUT2D eigenvalue weighted by Crippen LogP contribution is 2.28. The molecular weight excluding hydrogens is 214 g/mol. The number of hydrogen-bond acceptors (Lipinski definition) is 3. The van der Waals surface area contributed by atoms with Crippen LogP contribution in [0, 0.1) is 0 Å². The average Bonchev–Trinajstić information content (AvgIpc) is 2.36. The molecule has 3 heteroatoms. The Morgan fingerprint density at radius 2 is 2.18 bits per heavy atom. The van der Waals surface area contributed by atoms with Crippen LogP contribution >= 0.6 is 0 Å². The van der Waals surface area contributed by atoms with Gasteiger partial charge in [0.2, 0.25) is 0 Å². The van der Waals surface area contributed by atoms with E-state index in [0.717, 1.165) is 30.9 Å². The topological polar surface area (TPSA) is 30.5 Å². The first-order valence-corrected chi connectivity index (χ1v) is 5.87. The Kier molecular flexibility index (Phi) is 6.18. The van der Waals surface area contributed by atoms with E-state index in [4.69, 9.17) is 9.47 Å². The average molecular weight is 235 g/mol. The second kappa shape index (κ2) is 7.74. The summed E-state index contributed by atoms with van der Waals surface area (Å²) in [6.45, 7) is 5.20. The molecule has 0 radical (unpaired) electrons. The number of allylic oxidation sites excluding steroid dienone is 1. The third kappa shape index (κ3) is 4.49. The van der Waals surface area contributed by atoms with Gasteiger partial charge in [-0.3, -0.25) is 0 Å². The predicted molar refractivity (Wildman–Crippen MR) is 70.7 cm³/mol. The molecule has 0 heterocycles. The number of benzene rings is 1. The molecule has 1 aromatic carbocycles. The van der Waals surface area contributed by atoms with E-state index in [9.17, 15) is 0 Å². The van der Waals surface area contributed by atoms with Gasteiger partial charge in [-0.1, -0.05) is 12.1 Å². The van der Waals surface area contributed by atoms with Gasteiger partial charge < -0.3 is 14.8 Å². The minimum Gasteiger partial charge on any atom is -0.493 e. The standard InChI is InChI=1S/C14H21NO2/c1-4-5-6-9-17-13-8-7-12(11-15-2)10-14(13)16-3/h4,7-8,10,15H,1,5-6,9,11H2,2-3H3. The third-order valence-corrected chi connectivity index (χ3v) is 2.42. The summed E-state index contributed by atoms with van der Waals surface area (Å²) in [4.78, 5) is 0. The van der Waals surface area contributed by atoms with E-state index in [0.29, 0.717) is 6.61 Å². The Balaban J connectivity index is 2.61. The van der Waals surface area contributed by atoms with Gasteiger partial charge in [-0.15, -0.1) is 6.58 Å². The summed E-state index contributed by atoms with van der Waals surface area (Å²) in [5.74, 6) is 1.59. The van der Waals surface area contributed by atoms with Crippen LogP contribution in [0.3, 0.4) is 0 Å². The molecular formula is C14H21NO2. The number of ether oxygens (including phenoxy) is 2. The number of rotatable bonds is 8. The van der Waals surface area contributed by atoms with Crippen molar-refractivity contribution in [1.29, 1.82) is 0 Å².